The van der Waals surface area contributed by atoms with Crippen LogP contribution in [0, 0.1) is 0 Å². The maximum absolute atomic E-state index is 6.54. The normalized spacial score (nSPS) is 15.0. The van der Waals surface area contributed by atoms with Crippen LogP contribution in [-0.2, 0) is 12.8 Å². The molecule has 2 nitrogen and oxygen atoms in total. The molecule has 0 fully saturated rings. The molecule has 0 N–H and O–H groups in total. The zero-order valence-electron chi connectivity index (χ0n) is 23.1. The molecule has 0 heterocycles. The summed E-state index contributed by atoms with van der Waals surface area (Å²) >= 11 is 0. The van der Waals surface area contributed by atoms with E-state index in [1.54, 1.807) is 0 Å². The summed E-state index contributed by atoms with van der Waals surface area (Å²) in [5.74, 6) is 1.15. The third kappa shape index (κ3) is 6.30. The Morgan fingerprint density at radius 3 is 2.31 bits per heavy atom. The number of likely N-dealkylation sites (N-methyl/N-ethyl adjacent to an activating group) is 1. The Morgan fingerprint density at radius 2 is 1.66 bits per heavy atom. The molecule has 0 spiro atoms. The molecule has 1 aliphatic rings. The summed E-state index contributed by atoms with van der Waals surface area (Å²) in [5, 5.41) is 1.48. The van der Waals surface area contributed by atoms with Crippen LogP contribution in [0.25, 0.3) is 6.08 Å². The molecule has 1 atom stereocenters. The van der Waals surface area contributed by atoms with Gasteiger partial charge in [-0.2, -0.15) is 0 Å². The van der Waals surface area contributed by atoms with Gasteiger partial charge in [-0.3, -0.25) is 0 Å². The summed E-state index contributed by atoms with van der Waals surface area (Å²) in [7, 11) is 2.35. The largest absolute Gasteiger partial charge is 0.489 e. The monoisotopic (exact) mass is 489 g/mol. The van der Waals surface area contributed by atoms with Gasteiger partial charge in [-0.15, -0.1) is 0 Å². The average Bonchev–Trinajstić information content (AvgIpc) is 3.24. The van der Waals surface area contributed by atoms with Gasteiger partial charge in [0.2, 0.25) is 0 Å². The number of nitrogens with zero attached hydrogens (tertiary/aromatic N) is 1. The van der Waals surface area contributed by atoms with Gasteiger partial charge >= 0.3 is 0 Å². The predicted molar refractivity (Wildman–Crippen MR) is 157 cm³/mol. The van der Waals surface area contributed by atoms with Gasteiger partial charge in [-0.05, 0) is 59.2 Å². The molecule has 0 saturated carbocycles. The van der Waals surface area contributed by atoms with E-state index in [4.69, 9.17) is 4.74 Å². The summed E-state index contributed by atoms with van der Waals surface area (Å²) < 4.78 is 6.54. The Balaban J connectivity index is 2.16. The molecule has 0 aliphatic heterocycles. The lowest BCUT2D eigenvalue weighted by molar-refractivity contribution is 0.361. The Hall–Kier alpha value is -2.26. The third-order valence-corrected chi connectivity index (χ3v) is 11.3. The van der Waals surface area contributed by atoms with Crippen molar-refractivity contribution in [2.24, 2.45) is 0 Å². The number of hydrogen-bond acceptors (Lipinski definition) is 2. The minimum absolute atomic E-state index is 0.411. The third-order valence-electron chi connectivity index (χ3n) is 7.53. The molecule has 190 valence electrons. The highest BCUT2D eigenvalue weighted by molar-refractivity contribution is 6.92. The van der Waals surface area contributed by atoms with Crippen LogP contribution in [0.4, 0.5) is 0 Å². The van der Waals surface area contributed by atoms with E-state index in [-0.39, 0.29) is 0 Å². The minimum atomic E-state index is -2.05. The highest BCUT2D eigenvalue weighted by atomic mass is 28.3. The molecule has 2 aromatic rings. The molecule has 3 rings (SSSR count). The lowest BCUT2D eigenvalue weighted by Gasteiger charge is -2.37. The quantitative estimate of drug-likeness (QED) is 0.152. The minimum Gasteiger partial charge on any atom is -0.489 e. The molecule has 0 radical (unpaired) electrons. The van der Waals surface area contributed by atoms with Crippen LogP contribution in [0.5, 0.6) is 5.75 Å². The van der Waals surface area contributed by atoms with Crippen LogP contribution >= 0.6 is 0 Å². The van der Waals surface area contributed by atoms with Gasteiger partial charge in [0, 0.05) is 25.3 Å². The van der Waals surface area contributed by atoms with Crippen LogP contribution in [-0.4, -0.2) is 33.7 Å². The van der Waals surface area contributed by atoms with Crippen molar-refractivity contribution in [1.82, 2.24) is 4.90 Å². The molecule has 2 aromatic carbocycles. The first-order chi connectivity index (χ1) is 16.8. The van der Waals surface area contributed by atoms with E-state index in [9.17, 15) is 0 Å². The summed E-state index contributed by atoms with van der Waals surface area (Å²) in [6, 6.07) is 14.0. The summed E-state index contributed by atoms with van der Waals surface area (Å²) in [4.78, 5) is 2.33. The lowest BCUT2D eigenvalue weighted by atomic mass is 10.00. The highest BCUT2D eigenvalue weighted by Gasteiger charge is 2.43. The van der Waals surface area contributed by atoms with Gasteiger partial charge in [0.1, 0.15) is 12.4 Å². The Bertz CT molecular complexity index is 1020. The second-order valence-electron chi connectivity index (χ2n) is 10.9. The molecule has 35 heavy (non-hydrogen) atoms. The number of benzene rings is 2. The van der Waals surface area contributed by atoms with Crippen LogP contribution in [0.3, 0.4) is 0 Å². The van der Waals surface area contributed by atoms with E-state index in [0.29, 0.717) is 12.1 Å². The first kappa shape index (κ1) is 27.3. The average molecular weight is 490 g/mol. The van der Waals surface area contributed by atoms with Crippen molar-refractivity contribution in [3.63, 3.8) is 0 Å². The van der Waals surface area contributed by atoms with E-state index < -0.39 is 8.07 Å². The standard InChI is InChI=1S/C32H47NOSi/c1-8-11-13-17-25-22-27(19-14-12-9-2)31(34-21-10-3)30(23-25)35(6,7)32-28-20-16-15-18-26(28)24-29(32)33(4)5/h10,15-16,18,20,22-24,32H,3,8-9,11-14,17,19,21H2,1-2,4-7H3. The molecule has 0 aromatic heterocycles. The van der Waals surface area contributed by atoms with Crippen molar-refractivity contribution >= 4 is 19.3 Å². The number of ether oxygens (including phenoxy) is 1. The summed E-state index contributed by atoms with van der Waals surface area (Å²) in [5.41, 5.74) is 7.60. The number of unbranched alkanes of at least 4 members (excludes halogenated alkanes) is 4. The maximum atomic E-state index is 6.54. The molecular weight excluding hydrogens is 442 g/mol. The second-order valence-corrected chi connectivity index (χ2v) is 15.5. The number of hydrogen-bond donors (Lipinski definition) is 0. The van der Waals surface area contributed by atoms with Crippen molar-refractivity contribution in [3.8, 4) is 5.75 Å². The fourth-order valence-electron chi connectivity index (χ4n) is 5.63. The number of rotatable bonds is 14. The van der Waals surface area contributed by atoms with E-state index in [2.05, 4.69) is 95.0 Å². The van der Waals surface area contributed by atoms with Gasteiger partial charge in [0.15, 0.2) is 0 Å². The SMILES string of the molecule is C=CCOc1c(CCCCC)cc(CCCCC)cc1[Si](C)(C)C1C(N(C)C)=Cc2ccccc21. The van der Waals surface area contributed by atoms with Crippen molar-refractivity contribution in [2.45, 2.75) is 83.8 Å². The van der Waals surface area contributed by atoms with Crippen LogP contribution < -0.4 is 9.92 Å². The van der Waals surface area contributed by atoms with E-state index in [1.807, 2.05) is 6.08 Å². The number of allylic oxidation sites excluding steroid dienone is 1. The first-order valence-corrected chi connectivity index (χ1v) is 16.8. The molecule has 1 aliphatic carbocycles. The van der Waals surface area contributed by atoms with Gasteiger partial charge in [0.05, 0.1) is 8.07 Å². The summed E-state index contributed by atoms with van der Waals surface area (Å²) in [6.45, 7) is 14.2. The fourth-order valence-corrected chi connectivity index (χ4v) is 9.44. The van der Waals surface area contributed by atoms with E-state index in [1.165, 1.54) is 71.7 Å². The van der Waals surface area contributed by atoms with Crippen LogP contribution in [0.15, 0.2) is 54.8 Å². The molecule has 0 amide bonds. The Kier molecular flexibility index (Phi) is 9.86. The molecule has 3 heteroatoms. The fraction of sp³-hybridized carbons (Fsp3) is 0.500. The van der Waals surface area contributed by atoms with Crippen molar-refractivity contribution < 1.29 is 4.74 Å². The molecular formula is C32H47NOSi. The van der Waals surface area contributed by atoms with Crippen molar-refractivity contribution in [2.75, 3.05) is 20.7 Å². The van der Waals surface area contributed by atoms with Crippen LogP contribution in [0.1, 0.15) is 80.2 Å². The molecule has 1 unspecified atom stereocenters. The Labute approximate surface area is 216 Å². The van der Waals surface area contributed by atoms with E-state index in [0.717, 1.165) is 18.6 Å². The van der Waals surface area contributed by atoms with Crippen molar-refractivity contribution in [3.05, 3.63) is 77.0 Å². The van der Waals surface area contributed by atoms with Gasteiger partial charge < -0.3 is 9.64 Å². The first-order valence-electron chi connectivity index (χ1n) is 13.7. The van der Waals surface area contributed by atoms with Crippen LogP contribution in [0.2, 0.25) is 13.1 Å². The zero-order chi connectivity index (χ0) is 25.4. The molecule has 0 bridgehead atoms. The van der Waals surface area contributed by atoms with E-state index >= 15 is 0 Å². The topological polar surface area (TPSA) is 12.5 Å². The molecule has 0 saturated heterocycles. The van der Waals surface area contributed by atoms with Crippen molar-refractivity contribution in [1.29, 1.82) is 0 Å². The smallest absolute Gasteiger partial charge is 0.122 e. The predicted octanol–water partition coefficient (Wildman–Crippen LogP) is 7.87. The lowest BCUT2D eigenvalue weighted by Crippen LogP contribution is -2.50. The van der Waals surface area contributed by atoms with Gasteiger partial charge in [-0.25, -0.2) is 0 Å². The zero-order valence-corrected chi connectivity index (χ0v) is 24.1. The number of aryl methyl sites for hydroxylation is 2. The summed E-state index contributed by atoms with van der Waals surface area (Å²) in [6.07, 6.45) is 14.1. The maximum Gasteiger partial charge on any atom is 0.122 e. The second kappa shape index (κ2) is 12.6. The Morgan fingerprint density at radius 1 is 0.971 bits per heavy atom. The number of fused-ring (bicyclic) bond motifs is 1. The van der Waals surface area contributed by atoms with Gasteiger partial charge in [0.25, 0.3) is 0 Å². The highest BCUT2D eigenvalue weighted by Crippen LogP contribution is 2.44. The van der Waals surface area contributed by atoms with Gasteiger partial charge in [-0.1, -0.05) is 102 Å².